The molecule has 0 aromatic carbocycles. The minimum absolute atomic E-state index is 0.119. The maximum Gasteiger partial charge on any atom is 0.0778 e. The van der Waals surface area contributed by atoms with Crippen LogP contribution in [0.3, 0.4) is 0 Å². The van der Waals surface area contributed by atoms with Gasteiger partial charge in [0.15, 0.2) is 0 Å². The fourth-order valence-electron chi connectivity index (χ4n) is 2.85. The van der Waals surface area contributed by atoms with Crippen molar-refractivity contribution < 1.29 is 4.74 Å². The Bertz CT molecular complexity index is 237. The van der Waals surface area contributed by atoms with E-state index in [1.807, 2.05) is 13.8 Å². The van der Waals surface area contributed by atoms with Gasteiger partial charge in [-0.05, 0) is 19.8 Å². The molecule has 0 radical (unpaired) electrons. The highest BCUT2D eigenvalue weighted by molar-refractivity contribution is 4.81. The maximum atomic E-state index is 5.70. The van der Waals surface area contributed by atoms with E-state index in [1.165, 1.54) is 45.1 Å². The number of rotatable bonds is 6. The molecule has 2 atom stereocenters. The highest BCUT2D eigenvalue weighted by Gasteiger charge is 2.26. The largest absolute Gasteiger partial charge is 0.373 e. The molecule has 0 aromatic rings. The third-order valence-electron chi connectivity index (χ3n) is 4.32. The van der Waals surface area contributed by atoms with Crippen molar-refractivity contribution in [1.29, 1.82) is 0 Å². The van der Waals surface area contributed by atoms with Crippen molar-refractivity contribution in [3.05, 3.63) is 0 Å². The quantitative estimate of drug-likeness (QED) is 0.699. The first-order valence-corrected chi connectivity index (χ1v) is 9.99. The number of unbranched alkanes of at least 4 members (excludes halogenated alkanes) is 2. The second-order valence-electron chi connectivity index (χ2n) is 6.58. The van der Waals surface area contributed by atoms with E-state index in [-0.39, 0.29) is 5.60 Å². The fraction of sp³-hybridized carbons (Fsp3) is 1.00. The summed E-state index contributed by atoms with van der Waals surface area (Å²) in [6, 6.07) is 0.744. The molecule has 0 aliphatic carbocycles. The predicted octanol–water partition coefficient (Wildman–Crippen LogP) is 3.32. The van der Waals surface area contributed by atoms with Crippen LogP contribution in [0, 0.1) is 0 Å². The van der Waals surface area contributed by atoms with Crippen molar-refractivity contribution >= 4 is 0 Å². The molecule has 2 aliphatic heterocycles. The lowest BCUT2D eigenvalue weighted by Gasteiger charge is -2.34. The van der Waals surface area contributed by atoms with Gasteiger partial charge in [-0.25, -0.2) is 0 Å². The third-order valence-corrected chi connectivity index (χ3v) is 4.32. The average molecular weight is 330 g/mol. The lowest BCUT2D eigenvalue weighted by Crippen LogP contribution is -2.48. The smallest absolute Gasteiger partial charge is 0.0778 e. The number of morpholine rings is 1. The third kappa shape index (κ3) is 11.9. The van der Waals surface area contributed by atoms with Crippen LogP contribution in [0.1, 0.15) is 73.1 Å². The van der Waals surface area contributed by atoms with Crippen LogP contribution in [-0.2, 0) is 4.74 Å². The Hall–Kier alpha value is -0.160. The number of piperazine rings is 1. The van der Waals surface area contributed by atoms with Gasteiger partial charge < -0.3 is 20.7 Å². The minimum Gasteiger partial charge on any atom is -0.373 e. The monoisotopic (exact) mass is 329 g/mol. The standard InChI is InChI=1S/C9H19NO.C8H18N2.C2H6/c1-3-4-5-9(2)8-10-6-7-11-9;1-2-3-4-8-7-9-5-6-10-8;1-2/h10H,3-8H2,1-2H3;8-10H,2-7H2,1H3;1-2H3. The van der Waals surface area contributed by atoms with Crippen molar-refractivity contribution in [1.82, 2.24) is 16.0 Å². The first-order chi connectivity index (χ1) is 11.2. The highest BCUT2D eigenvalue weighted by atomic mass is 16.5. The molecule has 0 aromatic heterocycles. The average Bonchev–Trinajstić information content (AvgIpc) is 2.62. The molecule has 2 rings (SSSR count). The summed E-state index contributed by atoms with van der Waals surface area (Å²) in [4.78, 5) is 0. The van der Waals surface area contributed by atoms with Crippen LogP contribution in [0.4, 0.5) is 0 Å². The van der Waals surface area contributed by atoms with Crippen LogP contribution >= 0.6 is 0 Å². The van der Waals surface area contributed by atoms with Gasteiger partial charge in [0, 0.05) is 38.8 Å². The van der Waals surface area contributed by atoms with Gasteiger partial charge in [0.25, 0.3) is 0 Å². The Morgan fingerprint density at radius 1 is 1.00 bits per heavy atom. The molecule has 0 saturated carbocycles. The van der Waals surface area contributed by atoms with E-state index < -0.39 is 0 Å². The maximum absolute atomic E-state index is 5.70. The van der Waals surface area contributed by atoms with Gasteiger partial charge in [-0.3, -0.25) is 0 Å². The molecule has 4 nitrogen and oxygen atoms in total. The first-order valence-electron chi connectivity index (χ1n) is 9.99. The Morgan fingerprint density at radius 2 is 1.74 bits per heavy atom. The summed E-state index contributed by atoms with van der Waals surface area (Å²) in [6.07, 6.45) is 7.74. The summed E-state index contributed by atoms with van der Waals surface area (Å²) in [5.74, 6) is 0. The molecule has 2 saturated heterocycles. The van der Waals surface area contributed by atoms with E-state index in [0.717, 1.165) is 38.8 Å². The van der Waals surface area contributed by atoms with Gasteiger partial charge in [-0.15, -0.1) is 0 Å². The van der Waals surface area contributed by atoms with Crippen molar-refractivity contribution in [2.45, 2.75) is 84.8 Å². The van der Waals surface area contributed by atoms with Crippen molar-refractivity contribution in [3.63, 3.8) is 0 Å². The fourth-order valence-corrected chi connectivity index (χ4v) is 2.85. The Morgan fingerprint density at radius 3 is 2.26 bits per heavy atom. The minimum atomic E-state index is 0.119. The predicted molar refractivity (Wildman–Crippen MR) is 102 cm³/mol. The molecule has 140 valence electrons. The molecule has 2 heterocycles. The van der Waals surface area contributed by atoms with E-state index >= 15 is 0 Å². The Kier molecular flexibility index (Phi) is 15.3. The summed E-state index contributed by atoms with van der Waals surface area (Å²) >= 11 is 0. The van der Waals surface area contributed by atoms with E-state index in [1.54, 1.807) is 0 Å². The van der Waals surface area contributed by atoms with Crippen molar-refractivity contribution in [2.75, 3.05) is 39.3 Å². The van der Waals surface area contributed by atoms with Gasteiger partial charge in [0.1, 0.15) is 0 Å². The number of nitrogens with one attached hydrogen (secondary N) is 3. The zero-order valence-electron chi connectivity index (χ0n) is 16.5. The normalized spacial score (nSPS) is 27.3. The molecule has 0 spiro atoms. The summed E-state index contributed by atoms with van der Waals surface area (Å²) in [7, 11) is 0. The molecular formula is C19H43N3O. The van der Waals surface area contributed by atoms with Crippen molar-refractivity contribution in [2.24, 2.45) is 0 Å². The van der Waals surface area contributed by atoms with Gasteiger partial charge in [0.2, 0.25) is 0 Å². The number of hydrogen-bond donors (Lipinski definition) is 3. The summed E-state index contributed by atoms with van der Waals surface area (Å²) in [6.45, 7) is 17.0. The van der Waals surface area contributed by atoms with Gasteiger partial charge >= 0.3 is 0 Å². The lowest BCUT2D eigenvalue weighted by atomic mass is 9.98. The van der Waals surface area contributed by atoms with Crippen LogP contribution in [-0.4, -0.2) is 51.0 Å². The van der Waals surface area contributed by atoms with Crippen molar-refractivity contribution in [3.8, 4) is 0 Å². The topological polar surface area (TPSA) is 45.3 Å². The molecule has 2 aliphatic rings. The molecule has 23 heavy (non-hydrogen) atoms. The summed E-state index contributed by atoms with van der Waals surface area (Å²) in [5.41, 5.74) is 0.119. The van der Waals surface area contributed by atoms with Crippen LogP contribution in [0.15, 0.2) is 0 Å². The van der Waals surface area contributed by atoms with E-state index in [2.05, 4.69) is 36.7 Å². The zero-order valence-corrected chi connectivity index (χ0v) is 16.5. The number of ether oxygens (including phenoxy) is 1. The zero-order chi connectivity index (χ0) is 17.4. The van der Waals surface area contributed by atoms with Crippen LogP contribution in [0.5, 0.6) is 0 Å². The molecule has 4 heteroatoms. The molecule has 0 bridgehead atoms. The SMILES string of the molecule is CC.CCCCC1(C)CNCCO1.CCCCC1CNCCN1. The Labute approximate surface area is 145 Å². The van der Waals surface area contributed by atoms with E-state index in [4.69, 9.17) is 4.74 Å². The van der Waals surface area contributed by atoms with Crippen LogP contribution in [0.25, 0.3) is 0 Å². The highest BCUT2D eigenvalue weighted by Crippen LogP contribution is 2.19. The summed E-state index contributed by atoms with van der Waals surface area (Å²) < 4.78 is 5.70. The van der Waals surface area contributed by atoms with E-state index in [9.17, 15) is 0 Å². The molecule has 3 N–H and O–H groups in total. The summed E-state index contributed by atoms with van der Waals surface area (Å²) in [5, 5.41) is 10.2. The second-order valence-corrected chi connectivity index (χ2v) is 6.58. The lowest BCUT2D eigenvalue weighted by molar-refractivity contribution is -0.0587. The second kappa shape index (κ2) is 15.4. The molecule has 2 unspecified atom stereocenters. The van der Waals surface area contributed by atoms with Gasteiger partial charge in [-0.2, -0.15) is 0 Å². The molecule has 0 amide bonds. The van der Waals surface area contributed by atoms with Crippen LogP contribution in [0.2, 0.25) is 0 Å². The van der Waals surface area contributed by atoms with Gasteiger partial charge in [0.05, 0.1) is 12.2 Å². The van der Waals surface area contributed by atoms with E-state index in [0.29, 0.717) is 0 Å². The first kappa shape index (κ1) is 22.8. The van der Waals surface area contributed by atoms with Crippen LogP contribution < -0.4 is 16.0 Å². The Balaban J connectivity index is 0.000000381. The number of hydrogen-bond acceptors (Lipinski definition) is 4. The molecular weight excluding hydrogens is 286 g/mol. The van der Waals surface area contributed by atoms with Gasteiger partial charge in [-0.1, -0.05) is 53.4 Å². The molecule has 2 fully saturated rings.